The van der Waals surface area contributed by atoms with Crippen LogP contribution in [0.4, 0.5) is 0 Å². The fraction of sp³-hybridized carbons (Fsp3) is 0.333. The third-order valence-electron chi connectivity index (χ3n) is 2.24. The molecule has 0 saturated carbocycles. The van der Waals surface area contributed by atoms with E-state index in [1.165, 1.54) is 0 Å². The van der Waals surface area contributed by atoms with Gasteiger partial charge < -0.3 is 0 Å². The number of rotatable bonds is 2. The fourth-order valence-corrected chi connectivity index (χ4v) is 1.49. The molecule has 0 saturated heterocycles. The summed E-state index contributed by atoms with van der Waals surface area (Å²) in [5.41, 5.74) is 2.65. The van der Waals surface area contributed by atoms with Crippen LogP contribution < -0.4 is 0 Å². The van der Waals surface area contributed by atoms with Crippen LogP contribution in [0.5, 0.6) is 0 Å². The molecule has 0 bridgehead atoms. The third-order valence-corrected chi connectivity index (χ3v) is 2.24. The van der Waals surface area contributed by atoms with Gasteiger partial charge in [0.1, 0.15) is 5.69 Å². The summed E-state index contributed by atoms with van der Waals surface area (Å²) in [7, 11) is 0. The van der Waals surface area contributed by atoms with E-state index in [1.807, 2.05) is 6.92 Å². The van der Waals surface area contributed by atoms with Gasteiger partial charge in [0.05, 0.1) is 11.4 Å². The molecule has 4 nitrogen and oxygen atoms in total. The zero-order chi connectivity index (χ0) is 11.5. The Balaban J connectivity index is 2.57. The fourth-order valence-electron chi connectivity index (χ4n) is 1.49. The van der Waals surface area contributed by atoms with E-state index in [2.05, 4.69) is 33.8 Å². The summed E-state index contributed by atoms with van der Waals surface area (Å²) in [6.07, 6.45) is 5.18. The van der Waals surface area contributed by atoms with Crippen LogP contribution in [0.1, 0.15) is 31.2 Å². The summed E-state index contributed by atoms with van der Waals surface area (Å²) < 4.78 is 0. The molecule has 2 heterocycles. The quantitative estimate of drug-likeness (QED) is 0.770. The summed E-state index contributed by atoms with van der Waals surface area (Å²) in [4.78, 5) is 17.3. The Morgan fingerprint density at radius 3 is 2.38 bits per heavy atom. The Hall–Kier alpha value is -1.84. The van der Waals surface area contributed by atoms with Crippen LogP contribution in [-0.4, -0.2) is 19.9 Å². The van der Waals surface area contributed by atoms with Crippen LogP contribution in [0.2, 0.25) is 0 Å². The van der Waals surface area contributed by atoms with Crippen molar-refractivity contribution in [2.75, 3.05) is 0 Å². The van der Waals surface area contributed by atoms with Crippen molar-refractivity contribution in [3.05, 3.63) is 36.0 Å². The molecule has 0 aliphatic rings. The lowest BCUT2D eigenvalue weighted by molar-refractivity contribution is 0.803. The van der Waals surface area contributed by atoms with Crippen LogP contribution >= 0.6 is 0 Å². The predicted molar refractivity (Wildman–Crippen MR) is 61.9 cm³/mol. The first-order valence-electron chi connectivity index (χ1n) is 5.29. The van der Waals surface area contributed by atoms with E-state index >= 15 is 0 Å². The molecule has 0 fully saturated rings. The molecule has 0 atom stereocenters. The molecule has 0 aliphatic heterocycles. The lowest BCUT2D eigenvalue weighted by Gasteiger charge is -2.09. The third kappa shape index (κ3) is 2.05. The second-order valence-electron chi connectivity index (χ2n) is 3.97. The molecule has 82 valence electrons. The Kier molecular flexibility index (Phi) is 2.90. The molecule has 16 heavy (non-hydrogen) atoms. The van der Waals surface area contributed by atoms with Gasteiger partial charge in [-0.2, -0.15) is 0 Å². The van der Waals surface area contributed by atoms with Crippen LogP contribution in [0.3, 0.4) is 0 Å². The van der Waals surface area contributed by atoms with Crippen molar-refractivity contribution < 1.29 is 0 Å². The number of hydrogen-bond donors (Lipinski definition) is 0. The van der Waals surface area contributed by atoms with E-state index in [-0.39, 0.29) is 0 Å². The predicted octanol–water partition coefficient (Wildman–Crippen LogP) is 2.37. The summed E-state index contributed by atoms with van der Waals surface area (Å²) in [6.45, 7) is 6.13. The Morgan fingerprint density at radius 2 is 1.75 bits per heavy atom. The number of aromatic nitrogens is 4. The molecule has 0 aromatic carbocycles. The van der Waals surface area contributed by atoms with Gasteiger partial charge in [0, 0.05) is 18.6 Å². The minimum Gasteiger partial charge on any atom is -0.254 e. The van der Waals surface area contributed by atoms with Crippen molar-refractivity contribution in [3.63, 3.8) is 0 Å². The maximum absolute atomic E-state index is 4.51. The first-order chi connectivity index (χ1) is 7.68. The van der Waals surface area contributed by atoms with Crippen molar-refractivity contribution in [2.24, 2.45) is 0 Å². The number of hydrogen-bond acceptors (Lipinski definition) is 4. The van der Waals surface area contributed by atoms with E-state index in [4.69, 9.17) is 0 Å². The minimum atomic E-state index is 0.311. The van der Waals surface area contributed by atoms with Gasteiger partial charge in [-0.3, -0.25) is 4.98 Å². The van der Waals surface area contributed by atoms with Crippen molar-refractivity contribution in [3.8, 4) is 11.5 Å². The molecule has 0 amide bonds. The van der Waals surface area contributed by atoms with Crippen molar-refractivity contribution in [2.45, 2.75) is 26.7 Å². The Bertz CT molecular complexity index is 480. The monoisotopic (exact) mass is 214 g/mol. The maximum Gasteiger partial charge on any atom is 0.179 e. The average Bonchev–Trinajstić information content (AvgIpc) is 2.30. The largest absolute Gasteiger partial charge is 0.254 e. The van der Waals surface area contributed by atoms with E-state index in [1.54, 1.807) is 24.7 Å². The van der Waals surface area contributed by atoms with E-state index in [0.29, 0.717) is 11.7 Å². The molecule has 2 aromatic rings. The highest BCUT2D eigenvalue weighted by Gasteiger charge is 2.13. The average molecular weight is 214 g/mol. The molecule has 0 N–H and O–H groups in total. The summed E-state index contributed by atoms with van der Waals surface area (Å²) in [5, 5.41) is 0. The van der Waals surface area contributed by atoms with Gasteiger partial charge in [-0.1, -0.05) is 13.8 Å². The second kappa shape index (κ2) is 4.35. The van der Waals surface area contributed by atoms with E-state index in [0.717, 1.165) is 17.1 Å². The number of aryl methyl sites for hydroxylation is 1. The molecular formula is C12H14N4. The van der Waals surface area contributed by atoms with Gasteiger partial charge in [0.2, 0.25) is 0 Å². The summed E-state index contributed by atoms with van der Waals surface area (Å²) in [6, 6.07) is 1.79. The zero-order valence-electron chi connectivity index (χ0n) is 9.68. The van der Waals surface area contributed by atoms with Gasteiger partial charge in [0.25, 0.3) is 0 Å². The highest BCUT2D eigenvalue weighted by atomic mass is 14.9. The van der Waals surface area contributed by atoms with Crippen LogP contribution in [-0.2, 0) is 0 Å². The summed E-state index contributed by atoms with van der Waals surface area (Å²) in [5.74, 6) is 0.949. The van der Waals surface area contributed by atoms with Crippen molar-refractivity contribution >= 4 is 0 Å². The van der Waals surface area contributed by atoms with Gasteiger partial charge in [-0.05, 0) is 18.9 Å². The van der Waals surface area contributed by atoms with Gasteiger partial charge in [0.15, 0.2) is 5.82 Å². The molecule has 0 unspecified atom stereocenters. The first-order valence-corrected chi connectivity index (χ1v) is 5.29. The van der Waals surface area contributed by atoms with Crippen molar-refractivity contribution in [1.29, 1.82) is 0 Å². The molecule has 2 rings (SSSR count). The zero-order valence-corrected chi connectivity index (χ0v) is 9.68. The maximum atomic E-state index is 4.51. The molecule has 0 radical (unpaired) electrons. The lowest BCUT2D eigenvalue weighted by Crippen LogP contribution is -2.03. The van der Waals surface area contributed by atoms with Crippen LogP contribution in [0.25, 0.3) is 11.5 Å². The normalized spacial score (nSPS) is 10.8. The molecule has 0 spiro atoms. The van der Waals surface area contributed by atoms with Gasteiger partial charge in [-0.25, -0.2) is 15.0 Å². The molecule has 4 heteroatoms. The first kappa shape index (κ1) is 10.7. The lowest BCUT2D eigenvalue weighted by atomic mass is 10.1. The highest BCUT2D eigenvalue weighted by Crippen LogP contribution is 2.22. The SMILES string of the molecule is Cc1cnc(-c2ncccn2)c(C(C)C)n1. The minimum absolute atomic E-state index is 0.311. The van der Waals surface area contributed by atoms with E-state index < -0.39 is 0 Å². The molecule has 2 aromatic heterocycles. The Labute approximate surface area is 94.8 Å². The second-order valence-corrected chi connectivity index (χ2v) is 3.97. The highest BCUT2D eigenvalue weighted by molar-refractivity contribution is 5.52. The van der Waals surface area contributed by atoms with Crippen LogP contribution in [0, 0.1) is 6.92 Å². The van der Waals surface area contributed by atoms with Crippen molar-refractivity contribution in [1.82, 2.24) is 19.9 Å². The Morgan fingerprint density at radius 1 is 1.06 bits per heavy atom. The molecule has 0 aliphatic carbocycles. The van der Waals surface area contributed by atoms with Gasteiger partial charge in [-0.15, -0.1) is 0 Å². The standard InChI is InChI=1S/C12H14N4/c1-8(2)10-11(15-7-9(3)16-10)12-13-5-4-6-14-12/h4-8H,1-3H3. The molecular weight excluding hydrogens is 200 g/mol. The number of nitrogens with zero attached hydrogens (tertiary/aromatic N) is 4. The topological polar surface area (TPSA) is 51.6 Å². The summed E-state index contributed by atoms with van der Waals surface area (Å²) >= 11 is 0. The van der Waals surface area contributed by atoms with Gasteiger partial charge >= 0.3 is 0 Å². The van der Waals surface area contributed by atoms with E-state index in [9.17, 15) is 0 Å². The van der Waals surface area contributed by atoms with Crippen LogP contribution in [0.15, 0.2) is 24.7 Å². The smallest absolute Gasteiger partial charge is 0.179 e.